The Labute approximate surface area is 138 Å². The number of unbranched alkanes of at least 4 members (excludes halogenated alkanes) is 1. The van der Waals surface area contributed by atoms with Gasteiger partial charge in [0, 0.05) is 23.4 Å². The van der Waals surface area contributed by atoms with Crippen molar-refractivity contribution in [3.63, 3.8) is 0 Å². The maximum absolute atomic E-state index is 11.9. The number of aromatic nitrogens is 4. The van der Waals surface area contributed by atoms with Gasteiger partial charge in [0.2, 0.25) is 18.1 Å². The molecule has 10 nitrogen and oxygen atoms in total. The molecule has 0 saturated heterocycles. The van der Waals surface area contributed by atoms with Gasteiger partial charge in [-0.15, -0.1) is 0 Å². The van der Waals surface area contributed by atoms with Gasteiger partial charge in [-0.3, -0.25) is 4.79 Å². The van der Waals surface area contributed by atoms with E-state index >= 15 is 0 Å². The number of nitrogens with one attached hydrogen (secondary N) is 1. The van der Waals surface area contributed by atoms with Crippen LogP contribution in [0.25, 0.3) is 0 Å². The summed E-state index contributed by atoms with van der Waals surface area (Å²) in [5, 5.41) is 16.8. The molecule has 24 heavy (non-hydrogen) atoms. The second kappa shape index (κ2) is 8.56. The highest BCUT2D eigenvalue weighted by atomic mass is 16.6. The monoisotopic (exact) mass is 334 g/mol. The Morgan fingerprint density at radius 2 is 2.29 bits per heavy atom. The fourth-order valence-corrected chi connectivity index (χ4v) is 1.84. The predicted molar refractivity (Wildman–Crippen MR) is 83.2 cm³/mol. The number of carbonyl (C=O) groups excluding carboxylic acids is 1. The van der Waals surface area contributed by atoms with E-state index in [0.29, 0.717) is 12.5 Å². The van der Waals surface area contributed by atoms with Crippen molar-refractivity contribution in [3.8, 4) is 5.88 Å². The Morgan fingerprint density at radius 3 is 3.00 bits per heavy atom. The van der Waals surface area contributed by atoms with E-state index < -0.39 is 10.9 Å². The molecule has 0 aliphatic rings. The molecule has 2 aromatic heterocycles. The zero-order valence-corrected chi connectivity index (χ0v) is 13.2. The SMILES string of the molecule is CCCCOc1ncccc1CNC(=O)Cn1cnc([N+](=O)[O-])n1. The summed E-state index contributed by atoms with van der Waals surface area (Å²) >= 11 is 0. The molecule has 0 aliphatic heterocycles. The normalized spacial score (nSPS) is 10.4. The third kappa shape index (κ3) is 5.00. The van der Waals surface area contributed by atoms with E-state index in [9.17, 15) is 14.9 Å². The van der Waals surface area contributed by atoms with Crippen LogP contribution in [-0.2, 0) is 17.9 Å². The van der Waals surface area contributed by atoms with Crippen LogP contribution < -0.4 is 10.1 Å². The van der Waals surface area contributed by atoms with Crippen molar-refractivity contribution in [1.82, 2.24) is 25.1 Å². The molecular formula is C14H18N6O4. The van der Waals surface area contributed by atoms with Gasteiger partial charge in [0.25, 0.3) is 0 Å². The van der Waals surface area contributed by atoms with Gasteiger partial charge in [0.1, 0.15) is 6.54 Å². The molecule has 2 aromatic rings. The zero-order chi connectivity index (χ0) is 17.4. The minimum absolute atomic E-state index is 0.160. The van der Waals surface area contributed by atoms with Crippen LogP contribution in [0.1, 0.15) is 25.3 Å². The van der Waals surface area contributed by atoms with Crippen molar-refractivity contribution in [2.75, 3.05) is 6.61 Å². The molecule has 2 rings (SSSR count). The predicted octanol–water partition coefficient (Wildman–Crippen LogP) is 1.08. The van der Waals surface area contributed by atoms with Crippen LogP contribution in [0.5, 0.6) is 5.88 Å². The largest absolute Gasteiger partial charge is 0.490 e. The maximum Gasteiger partial charge on any atom is 0.490 e. The zero-order valence-electron chi connectivity index (χ0n) is 13.2. The third-order valence-electron chi connectivity index (χ3n) is 3.06. The lowest BCUT2D eigenvalue weighted by atomic mass is 10.2. The van der Waals surface area contributed by atoms with E-state index in [1.54, 1.807) is 12.3 Å². The second-order valence-electron chi connectivity index (χ2n) is 4.95. The summed E-state index contributed by atoms with van der Waals surface area (Å²) < 4.78 is 6.70. The van der Waals surface area contributed by atoms with Crippen LogP contribution in [0.3, 0.4) is 0 Å². The van der Waals surface area contributed by atoms with E-state index in [4.69, 9.17) is 4.74 Å². The minimum atomic E-state index is -0.718. The molecule has 1 N–H and O–H groups in total. The lowest BCUT2D eigenvalue weighted by molar-refractivity contribution is -0.394. The van der Waals surface area contributed by atoms with E-state index in [1.165, 1.54) is 0 Å². The van der Waals surface area contributed by atoms with Gasteiger partial charge in [0.15, 0.2) is 0 Å². The van der Waals surface area contributed by atoms with Crippen LogP contribution in [-0.4, -0.2) is 37.2 Å². The van der Waals surface area contributed by atoms with Crippen LogP contribution >= 0.6 is 0 Å². The number of nitro groups is 1. The Kier molecular flexibility index (Phi) is 6.17. The highest BCUT2D eigenvalue weighted by molar-refractivity contribution is 5.75. The van der Waals surface area contributed by atoms with Crippen molar-refractivity contribution < 1.29 is 14.5 Å². The summed E-state index contributed by atoms with van der Waals surface area (Å²) in [7, 11) is 0. The van der Waals surface area contributed by atoms with Gasteiger partial charge >= 0.3 is 5.95 Å². The number of rotatable bonds is 9. The van der Waals surface area contributed by atoms with Crippen molar-refractivity contribution in [1.29, 1.82) is 0 Å². The van der Waals surface area contributed by atoms with Gasteiger partial charge in [-0.25, -0.2) is 4.98 Å². The van der Waals surface area contributed by atoms with Gasteiger partial charge in [0.05, 0.1) is 6.61 Å². The van der Waals surface area contributed by atoms with E-state index in [0.717, 1.165) is 29.4 Å². The molecule has 0 bridgehead atoms. The topological polar surface area (TPSA) is 125 Å². The summed E-state index contributed by atoms with van der Waals surface area (Å²) in [6.45, 7) is 2.71. The number of hydrogen-bond acceptors (Lipinski definition) is 7. The van der Waals surface area contributed by atoms with Gasteiger partial charge in [-0.1, -0.05) is 24.4 Å². The highest BCUT2D eigenvalue weighted by Crippen LogP contribution is 2.14. The molecule has 0 aliphatic carbocycles. The first kappa shape index (κ1) is 17.3. The molecule has 0 aromatic carbocycles. The first-order valence-corrected chi connectivity index (χ1v) is 7.47. The number of ether oxygens (including phenoxy) is 1. The van der Waals surface area contributed by atoms with Crippen LogP contribution in [0.15, 0.2) is 24.7 Å². The first-order chi connectivity index (χ1) is 11.6. The molecule has 2 heterocycles. The summed E-state index contributed by atoms with van der Waals surface area (Å²) in [5.41, 5.74) is 0.756. The summed E-state index contributed by atoms with van der Waals surface area (Å²) in [6, 6.07) is 3.57. The van der Waals surface area contributed by atoms with E-state index in [1.807, 2.05) is 6.07 Å². The fourth-order valence-electron chi connectivity index (χ4n) is 1.84. The molecule has 0 spiro atoms. The Hall–Kier alpha value is -3.04. The quantitative estimate of drug-likeness (QED) is 0.413. The molecule has 0 atom stereocenters. The number of pyridine rings is 1. The van der Waals surface area contributed by atoms with E-state index in [2.05, 4.69) is 27.3 Å². The molecule has 0 unspecified atom stereocenters. The molecule has 0 fully saturated rings. The Balaban J connectivity index is 1.88. The lowest BCUT2D eigenvalue weighted by Gasteiger charge is -2.10. The average molecular weight is 334 g/mol. The Morgan fingerprint density at radius 1 is 1.46 bits per heavy atom. The van der Waals surface area contributed by atoms with Gasteiger partial charge < -0.3 is 20.2 Å². The number of carbonyl (C=O) groups is 1. The summed E-state index contributed by atoms with van der Waals surface area (Å²) in [5.74, 6) is -0.400. The fraction of sp³-hybridized carbons (Fsp3) is 0.429. The van der Waals surface area contributed by atoms with Crippen LogP contribution in [0.2, 0.25) is 0 Å². The van der Waals surface area contributed by atoms with Crippen molar-refractivity contribution in [3.05, 3.63) is 40.3 Å². The average Bonchev–Trinajstić information content (AvgIpc) is 3.03. The smallest absolute Gasteiger partial charge is 0.477 e. The second-order valence-corrected chi connectivity index (χ2v) is 4.95. The van der Waals surface area contributed by atoms with Gasteiger partial charge in [-0.05, 0) is 17.4 Å². The number of nitrogens with zero attached hydrogens (tertiary/aromatic N) is 5. The van der Waals surface area contributed by atoms with E-state index in [-0.39, 0.29) is 19.0 Å². The summed E-state index contributed by atoms with van der Waals surface area (Å²) in [6.07, 6.45) is 4.71. The van der Waals surface area contributed by atoms with Crippen LogP contribution in [0.4, 0.5) is 5.95 Å². The van der Waals surface area contributed by atoms with Gasteiger partial charge in [-0.2, -0.15) is 4.68 Å². The first-order valence-electron chi connectivity index (χ1n) is 7.47. The third-order valence-corrected chi connectivity index (χ3v) is 3.06. The molecule has 1 amide bonds. The highest BCUT2D eigenvalue weighted by Gasteiger charge is 2.15. The minimum Gasteiger partial charge on any atom is -0.477 e. The number of amides is 1. The standard InChI is InChI=1S/C14H18N6O4/c1-2-3-7-24-13-11(5-4-6-15-13)8-16-12(21)9-19-10-17-14(18-19)20(22)23/h4-6,10H,2-3,7-9H2,1H3,(H,16,21). The molecular weight excluding hydrogens is 316 g/mol. The van der Waals surface area contributed by atoms with Crippen molar-refractivity contribution >= 4 is 11.9 Å². The van der Waals surface area contributed by atoms with Crippen molar-refractivity contribution in [2.45, 2.75) is 32.9 Å². The van der Waals surface area contributed by atoms with Crippen LogP contribution in [0, 0.1) is 10.1 Å². The number of hydrogen-bond donors (Lipinski definition) is 1. The maximum atomic E-state index is 11.9. The Bertz CT molecular complexity index is 702. The molecule has 0 saturated carbocycles. The van der Waals surface area contributed by atoms with Crippen molar-refractivity contribution in [2.24, 2.45) is 0 Å². The lowest BCUT2D eigenvalue weighted by Crippen LogP contribution is -2.27. The summed E-state index contributed by atoms with van der Waals surface area (Å²) in [4.78, 5) is 29.3. The molecule has 0 radical (unpaired) electrons. The molecule has 10 heteroatoms. The molecule has 128 valence electrons.